The summed E-state index contributed by atoms with van der Waals surface area (Å²) in [5.74, 6) is 0.700. The van der Waals surface area contributed by atoms with Gasteiger partial charge >= 0.3 is 0 Å². The summed E-state index contributed by atoms with van der Waals surface area (Å²) < 4.78 is 5.31. The summed E-state index contributed by atoms with van der Waals surface area (Å²) in [6.45, 7) is 0.437. The standard InChI is InChI=1S/C17H20N2O2S/c1-21-13-8-4-2-6-11(13)10-19-17(20)15-12-7-3-5-9-14(12)22-16(15)18/h2,4,6,8H,3,5,7,9-10,18H2,1H3,(H,19,20). The number of amides is 1. The zero-order valence-electron chi connectivity index (χ0n) is 12.6. The molecule has 0 bridgehead atoms. The first-order chi connectivity index (χ1) is 10.7. The lowest BCUT2D eigenvalue weighted by Gasteiger charge is -2.13. The lowest BCUT2D eigenvalue weighted by molar-refractivity contribution is 0.0951. The van der Waals surface area contributed by atoms with Gasteiger partial charge < -0.3 is 15.8 Å². The van der Waals surface area contributed by atoms with Gasteiger partial charge in [-0.25, -0.2) is 0 Å². The fourth-order valence-corrected chi connectivity index (χ4v) is 4.11. The third-order valence-electron chi connectivity index (χ3n) is 4.06. The molecule has 4 nitrogen and oxygen atoms in total. The highest BCUT2D eigenvalue weighted by Crippen LogP contribution is 2.36. The number of nitrogens with one attached hydrogen (secondary N) is 1. The molecule has 1 aromatic heterocycles. The van der Waals surface area contributed by atoms with Crippen LogP contribution in [0, 0.1) is 0 Å². The van der Waals surface area contributed by atoms with Crippen molar-refractivity contribution in [3.05, 3.63) is 45.8 Å². The molecule has 3 rings (SSSR count). The molecule has 1 amide bonds. The Labute approximate surface area is 134 Å². The van der Waals surface area contributed by atoms with Gasteiger partial charge in [0.05, 0.1) is 17.7 Å². The number of thiophene rings is 1. The van der Waals surface area contributed by atoms with Crippen LogP contribution in [0.3, 0.4) is 0 Å². The van der Waals surface area contributed by atoms with Gasteiger partial charge in [0.25, 0.3) is 5.91 Å². The van der Waals surface area contributed by atoms with Crippen molar-refractivity contribution in [2.45, 2.75) is 32.2 Å². The minimum absolute atomic E-state index is 0.0807. The quantitative estimate of drug-likeness (QED) is 0.911. The number of ether oxygens (including phenoxy) is 1. The Kier molecular flexibility index (Phi) is 4.34. The van der Waals surface area contributed by atoms with Gasteiger partial charge in [0.2, 0.25) is 0 Å². The second-order valence-corrected chi connectivity index (χ2v) is 6.58. The molecule has 2 aromatic rings. The maximum Gasteiger partial charge on any atom is 0.254 e. The molecule has 1 aromatic carbocycles. The summed E-state index contributed by atoms with van der Waals surface area (Å²) >= 11 is 1.57. The van der Waals surface area contributed by atoms with Crippen LogP contribution in [0.1, 0.15) is 39.2 Å². The first kappa shape index (κ1) is 14.9. The van der Waals surface area contributed by atoms with Crippen LogP contribution in [0.15, 0.2) is 24.3 Å². The van der Waals surface area contributed by atoms with Crippen molar-refractivity contribution in [2.75, 3.05) is 12.8 Å². The van der Waals surface area contributed by atoms with Crippen molar-refractivity contribution in [2.24, 2.45) is 0 Å². The molecule has 0 saturated heterocycles. The maximum absolute atomic E-state index is 12.5. The Morgan fingerprint density at radius 1 is 1.32 bits per heavy atom. The third-order valence-corrected chi connectivity index (χ3v) is 5.18. The second-order valence-electron chi connectivity index (χ2n) is 5.44. The van der Waals surface area contributed by atoms with Gasteiger partial charge in [0.1, 0.15) is 5.75 Å². The first-order valence-corrected chi connectivity index (χ1v) is 8.32. The lowest BCUT2D eigenvalue weighted by atomic mass is 9.95. The maximum atomic E-state index is 12.5. The summed E-state index contributed by atoms with van der Waals surface area (Å²) in [4.78, 5) is 13.8. The number of hydrogen-bond acceptors (Lipinski definition) is 4. The van der Waals surface area contributed by atoms with Crippen LogP contribution in [-0.2, 0) is 19.4 Å². The zero-order chi connectivity index (χ0) is 15.5. The minimum atomic E-state index is -0.0807. The molecule has 0 saturated carbocycles. The van der Waals surface area contributed by atoms with Crippen LogP contribution in [0.4, 0.5) is 5.00 Å². The minimum Gasteiger partial charge on any atom is -0.496 e. The van der Waals surface area contributed by atoms with E-state index in [0.29, 0.717) is 17.1 Å². The number of anilines is 1. The summed E-state index contributed by atoms with van der Waals surface area (Å²) in [6.07, 6.45) is 4.33. The van der Waals surface area contributed by atoms with Crippen molar-refractivity contribution < 1.29 is 9.53 Å². The average Bonchev–Trinajstić information content (AvgIpc) is 2.88. The van der Waals surface area contributed by atoms with E-state index in [0.717, 1.165) is 36.1 Å². The van der Waals surface area contributed by atoms with Crippen LogP contribution >= 0.6 is 11.3 Å². The fourth-order valence-electron chi connectivity index (χ4n) is 2.95. The number of aryl methyl sites for hydroxylation is 1. The highest BCUT2D eigenvalue weighted by Gasteiger charge is 2.23. The van der Waals surface area contributed by atoms with E-state index >= 15 is 0 Å². The normalized spacial score (nSPS) is 13.5. The van der Waals surface area contributed by atoms with Gasteiger partial charge in [-0.3, -0.25) is 4.79 Å². The largest absolute Gasteiger partial charge is 0.496 e. The van der Waals surface area contributed by atoms with Gasteiger partial charge in [-0.15, -0.1) is 11.3 Å². The number of fused-ring (bicyclic) bond motifs is 1. The number of nitrogens with two attached hydrogens (primary N) is 1. The van der Waals surface area contributed by atoms with E-state index in [9.17, 15) is 4.79 Å². The summed E-state index contributed by atoms with van der Waals surface area (Å²) in [5.41, 5.74) is 8.89. The average molecular weight is 316 g/mol. The van der Waals surface area contributed by atoms with Gasteiger partial charge in [-0.2, -0.15) is 0 Å². The van der Waals surface area contributed by atoms with Crippen LogP contribution in [-0.4, -0.2) is 13.0 Å². The van der Waals surface area contributed by atoms with Crippen LogP contribution < -0.4 is 15.8 Å². The molecule has 0 aliphatic heterocycles. The van der Waals surface area contributed by atoms with E-state index in [-0.39, 0.29) is 5.91 Å². The molecular weight excluding hydrogens is 296 g/mol. The van der Waals surface area contributed by atoms with Crippen molar-refractivity contribution in [1.29, 1.82) is 0 Å². The number of para-hydroxylation sites is 1. The fraction of sp³-hybridized carbons (Fsp3) is 0.353. The molecule has 116 valence electrons. The molecule has 22 heavy (non-hydrogen) atoms. The molecular formula is C17H20N2O2S. The monoisotopic (exact) mass is 316 g/mol. The highest BCUT2D eigenvalue weighted by atomic mass is 32.1. The number of hydrogen-bond donors (Lipinski definition) is 2. The van der Waals surface area contributed by atoms with Crippen LogP contribution in [0.25, 0.3) is 0 Å². The number of nitrogen functional groups attached to an aromatic ring is 1. The lowest BCUT2D eigenvalue weighted by Crippen LogP contribution is -2.25. The number of carbonyl (C=O) groups is 1. The van der Waals surface area contributed by atoms with Crippen LogP contribution in [0.5, 0.6) is 5.75 Å². The molecule has 0 unspecified atom stereocenters. The Bertz CT molecular complexity index is 694. The first-order valence-electron chi connectivity index (χ1n) is 7.50. The Balaban J connectivity index is 1.77. The van der Waals surface area contributed by atoms with E-state index < -0.39 is 0 Å². The van der Waals surface area contributed by atoms with Crippen molar-refractivity contribution in [1.82, 2.24) is 5.32 Å². The predicted octanol–water partition coefficient (Wildman–Crippen LogP) is 3.15. The van der Waals surface area contributed by atoms with Crippen molar-refractivity contribution in [3.63, 3.8) is 0 Å². The van der Waals surface area contributed by atoms with E-state index in [1.54, 1.807) is 18.4 Å². The highest BCUT2D eigenvalue weighted by molar-refractivity contribution is 7.16. The summed E-state index contributed by atoms with van der Waals surface area (Å²) in [5, 5.41) is 3.62. The molecule has 0 spiro atoms. The van der Waals surface area contributed by atoms with Crippen molar-refractivity contribution in [3.8, 4) is 5.75 Å². The molecule has 0 radical (unpaired) electrons. The molecule has 1 aliphatic rings. The Morgan fingerprint density at radius 3 is 2.91 bits per heavy atom. The predicted molar refractivity (Wildman–Crippen MR) is 89.5 cm³/mol. The number of rotatable bonds is 4. The van der Waals surface area contributed by atoms with Crippen LogP contribution in [0.2, 0.25) is 0 Å². The smallest absolute Gasteiger partial charge is 0.254 e. The number of benzene rings is 1. The zero-order valence-corrected chi connectivity index (χ0v) is 13.5. The molecule has 5 heteroatoms. The Hall–Kier alpha value is -2.01. The number of carbonyl (C=O) groups excluding carboxylic acids is 1. The van der Waals surface area contributed by atoms with Gasteiger partial charge in [0.15, 0.2) is 0 Å². The molecule has 1 aliphatic carbocycles. The van der Waals surface area contributed by atoms with Gasteiger partial charge in [-0.1, -0.05) is 18.2 Å². The Morgan fingerprint density at radius 2 is 2.09 bits per heavy atom. The topological polar surface area (TPSA) is 64.3 Å². The second kappa shape index (κ2) is 6.40. The van der Waals surface area contributed by atoms with Crippen molar-refractivity contribution >= 4 is 22.2 Å². The van der Waals surface area contributed by atoms with E-state index in [2.05, 4.69) is 5.32 Å². The molecule has 1 heterocycles. The van der Waals surface area contributed by atoms with E-state index in [1.807, 2.05) is 24.3 Å². The summed E-state index contributed by atoms with van der Waals surface area (Å²) in [6, 6.07) is 7.69. The molecule has 0 atom stereocenters. The molecule has 0 fully saturated rings. The SMILES string of the molecule is COc1ccccc1CNC(=O)c1c(N)sc2c1CCCC2. The van der Waals surface area contributed by atoms with Gasteiger partial charge in [0, 0.05) is 17.0 Å². The third kappa shape index (κ3) is 2.81. The molecule has 3 N–H and O–H groups in total. The van der Waals surface area contributed by atoms with E-state index in [1.165, 1.54) is 11.3 Å². The van der Waals surface area contributed by atoms with E-state index in [4.69, 9.17) is 10.5 Å². The number of methoxy groups -OCH3 is 1. The summed E-state index contributed by atoms with van der Waals surface area (Å²) in [7, 11) is 1.63. The van der Waals surface area contributed by atoms with Gasteiger partial charge in [-0.05, 0) is 37.3 Å².